The minimum Gasteiger partial charge on any atom is -0.497 e. The number of halogens is 3. The molecule has 1 N–H and O–H groups in total. The van der Waals surface area contributed by atoms with Crippen molar-refractivity contribution in [2.24, 2.45) is 23.2 Å². The van der Waals surface area contributed by atoms with Gasteiger partial charge < -0.3 is 15.0 Å². The molecule has 1 saturated heterocycles. The molecule has 3 unspecified atom stereocenters. The average molecular weight is 762 g/mol. The molecule has 8 rings (SSSR count). The van der Waals surface area contributed by atoms with Crippen LogP contribution in [0.5, 0.6) is 0 Å². The van der Waals surface area contributed by atoms with Crippen molar-refractivity contribution in [3.05, 3.63) is 119 Å². The predicted octanol–water partition coefficient (Wildman–Crippen LogP) is 8.27. The summed E-state index contributed by atoms with van der Waals surface area (Å²) in [5.74, 6) is 7.41. The Morgan fingerprint density at radius 1 is 1.05 bits per heavy atom. The molecule has 0 spiro atoms. The number of nitrogens with one attached hydrogen (secondary N) is 1. The first-order valence-corrected chi connectivity index (χ1v) is 19.7. The number of nitrogens with zero attached hydrogens (tertiary/aromatic N) is 4. The molecule has 6 aliphatic rings. The van der Waals surface area contributed by atoms with E-state index in [2.05, 4.69) is 44.3 Å². The molecule has 1 saturated carbocycles. The fourth-order valence-electron chi connectivity index (χ4n) is 8.92. The van der Waals surface area contributed by atoms with Crippen molar-refractivity contribution in [1.82, 2.24) is 25.2 Å². The van der Waals surface area contributed by atoms with Gasteiger partial charge in [-0.25, -0.2) is 23.1 Å². The lowest BCUT2D eigenvalue weighted by atomic mass is 9.69. The smallest absolute Gasteiger partial charge is 0.280 e. The average Bonchev–Trinajstić information content (AvgIpc) is 4.02. The highest BCUT2D eigenvalue weighted by molar-refractivity contribution is 5.85. The van der Waals surface area contributed by atoms with E-state index in [9.17, 15) is 18.4 Å². The molecular weight excluding hydrogens is 716 g/mol. The number of ether oxygens (including phenoxy) is 1. The van der Waals surface area contributed by atoms with Crippen molar-refractivity contribution in [2.45, 2.75) is 82.7 Å². The second kappa shape index (κ2) is 15.7. The standard InChI is InChI=1S/C45H46F3N5O3/c1-29-24-32-7-9-35(27-37(32)40(29)33-14-21-49-38(26-33)41(46)47)52-43(55)44(28-56-36-10-11-36)15-12-30(13-16-44)25-39(54)53-22-17-45(48,18-23-53)34-5-2-4-31(6-8-34)42-50-19-3-20-51-42/h3,5-10,14,19-21,26-27,30-32,37,41H,11-13,15-18,22-25,28H2,1H3,(H,52,55). The maximum absolute atomic E-state index is 16.3. The number of carbonyl (C=O) groups excluding carboxylic acids is 2. The lowest BCUT2D eigenvalue weighted by Gasteiger charge is -2.40. The number of aromatic nitrogens is 3. The number of piperidine rings is 1. The molecule has 11 heteroatoms. The summed E-state index contributed by atoms with van der Waals surface area (Å²) in [4.78, 5) is 42.0. The number of amides is 2. The molecule has 290 valence electrons. The number of hydrogen-bond acceptors (Lipinski definition) is 6. The number of likely N-dealkylation sites (tertiary alicyclic amines) is 1. The minimum atomic E-state index is -2.65. The van der Waals surface area contributed by atoms with Crippen LogP contribution in [-0.2, 0) is 14.3 Å². The topological polar surface area (TPSA) is 97.3 Å². The van der Waals surface area contributed by atoms with Crippen LogP contribution in [-0.4, -0.2) is 57.0 Å². The molecule has 3 heterocycles. The van der Waals surface area contributed by atoms with Gasteiger partial charge in [-0.15, -0.1) is 0 Å². The van der Waals surface area contributed by atoms with Gasteiger partial charge in [-0.3, -0.25) is 14.6 Å². The van der Waals surface area contributed by atoms with E-state index in [1.165, 1.54) is 12.3 Å². The molecule has 0 aromatic carbocycles. The van der Waals surface area contributed by atoms with Gasteiger partial charge in [-0.05, 0) is 104 Å². The van der Waals surface area contributed by atoms with Crippen LogP contribution in [0.2, 0.25) is 0 Å². The number of fused-ring (bicyclic) bond motifs is 1. The molecule has 2 fully saturated rings. The fraction of sp³-hybridized carbons (Fsp3) is 0.444. The first kappa shape index (κ1) is 37.7. The Morgan fingerprint density at radius 3 is 2.55 bits per heavy atom. The van der Waals surface area contributed by atoms with Gasteiger partial charge in [0.15, 0.2) is 0 Å². The Kier molecular flexibility index (Phi) is 10.6. The molecular formula is C45H46F3N5O3. The second-order valence-corrected chi connectivity index (χ2v) is 16.1. The minimum absolute atomic E-state index is 0.0255. The number of alkyl halides is 3. The second-order valence-electron chi connectivity index (χ2n) is 16.1. The van der Waals surface area contributed by atoms with Crippen molar-refractivity contribution < 1.29 is 27.5 Å². The molecule has 2 aromatic heterocycles. The van der Waals surface area contributed by atoms with E-state index in [0.717, 1.165) is 35.3 Å². The lowest BCUT2D eigenvalue weighted by Crippen LogP contribution is -2.47. The van der Waals surface area contributed by atoms with Crippen LogP contribution in [0.15, 0.2) is 102 Å². The van der Waals surface area contributed by atoms with Crippen LogP contribution in [0.4, 0.5) is 13.2 Å². The van der Waals surface area contributed by atoms with Crippen LogP contribution >= 0.6 is 0 Å². The van der Waals surface area contributed by atoms with Crippen molar-refractivity contribution in [3.63, 3.8) is 0 Å². The summed E-state index contributed by atoms with van der Waals surface area (Å²) in [7, 11) is 0. The van der Waals surface area contributed by atoms with Crippen LogP contribution in [0.25, 0.3) is 5.57 Å². The van der Waals surface area contributed by atoms with Gasteiger partial charge >= 0.3 is 0 Å². The van der Waals surface area contributed by atoms with E-state index in [0.29, 0.717) is 62.3 Å². The summed E-state index contributed by atoms with van der Waals surface area (Å²) in [6, 6.07) is 4.99. The molecule has 8 nitrogen and oxygen atoms in total. The number of carbonyl (C=O) groups is 2. The first-order valence-electron chi connectivity index (χ1n) is 19.7. The molecule has 2 aromatic rings. The Labute approximate surface area is 325 Å². The summed E-state index contributed by atoms with van der Waals surface area (Å²) in [6.07, 6.45) is 20.4. The van der Waals surface area contributed by atoms with Crippen LogP contribution in [0, 0.1) is 35.0 Å². The fourth-order valence-corrected chi connectivity index (χ4v) is 8.92. The third kappa shape index (κ3) is 8.02. The van der Waals surface area contributed by atoms with Gasteiger partial charge in [0.25, 0.3) is 6.43 Å². The van der Waals surface area contributed by atoms with E-state index >= 15 is 4.39 Å². The maximum atomic E-state index is 16.3. The van der Waals surface area contributed by atoms with E-state index in [-0.39, 0.29) is 60.6 Å². The highest BCUT2D eigenvalue weighted by atomic mass is 19.3. The molecule has 5 aliphatic carbocycles. The van der Waals surface area contributed by atoms with Gasteiger partial charge in [0.2, 0.25) is 11.8 Å². The van der Waals surface area contributed by atoms with Gasteiger partial charge in [0.05, 0.1) is 17.1 Å². The summed E-state index contributed by atoms with van der Waals surface area (Å²) in [5.41, 5.74) is 1.51. The Bertz CT molecular complexity index is 2110. The van der Waals surface area contributed by atoms with Crippen LogP contribution in [0.3, 0.4) is 0 Å². The highest BCUT2D eigenvalue weighted by Crippen LogP contribution is 2.47. The largest absolute Gasteiger partial charge is 0.497 e. The van der Waals surface area contributed by atoms with E-state index in [1.54, 1.807) is 41.6 Å². The number of pyridine rings is 1. The zero-order valence-corrected chi connectivity index (χ0v) is 31.5. The van der Waals surface area contributed by atoms with Crippen molar-refractivity contribution >= 4 is 17.4 Å². The van der Waals surface area contributed by atoms with Crippen molar-refractivity contribution in [2.75, 3.05) is 19.7 Å². The van der Waals surface area contributed by atoms with Gasteiger partial charge in [0, 0.05) is 69.0 Å². The maximum Gasteiger partial charge on any atom is 0.280 e. The van der Waals surface area contributed by atoms with E-state index in [1.807, 2.05) is 25.2 Å². The molecule has 3 atom stereocenters. The first-order chi connectivity index (χ1) is 27.1. The SMILES string of the molecule is CC1=C(c2ccnc(C(F)F)c2)C2C=C(NC(=O)C3(COC4=CC4)CCC(CC(=O)N4CCC(F)(C5=CC#CC(c6ncccn6)C=C5)CC4)CC3)C=CC2C1. The highest BCUT2D eigenvalue weighted by Gasteiger charge is 2.45. The van der Waals surface area contributed by atoms with Gasteiger partial charge in [-0.1, -0.05) is 41.7 Å². The summed E-state index contributed by atoms with van der Waals surface area (Å²) in [5, 5.41) is 3.21. The van der Waals surface area contributed by atoms with Gasteiger partial charge in [0.1, 0.15) is 23.8 Å². The zero-order chi connectivity index (χ0) is 38.9. The summed E-state index contributed by atoms with van der Waals surface area (Å²) in [6.45, 7) is 2.97. The van der Waals surface area contributed by atoms with Crippen molar-refractivity contribution in [1.29, 1.82) is 0 Å². The molecule has 1 aliphatic heterocycles. The quantitative estimate of drug-likeness (QED) is 0.232. The number of hydrogen-bond donors (Lipinski definition) is 1. The third-order valence-electron chi connectivity index (χ3n) is 12.4. The normalized spacial score (nSPS) is 27.7. The summed E-state index contributed by atoms with van der Waals surface area (Å²) < 4.78 is 49.4. The lowest BCUT2D eigenvalue weighted by molar-refractivity contribution is -0.137. The van der Waals surface area contributed by atoms with Crippen LogP contribution in [0.1, 0.15) is 94.1 Å². The third-order valence-corrected chi connectivity index (χ3v) is 12.4. The van der Waals surface area contributed by atoms with E-state index in [4.69, 9.17) is 4.74 Å². The monoisotopic (exact) mass is 761 g/mol. The van der Waals surface area contributed by atoms with Gasteiger partial charge in [-0.2, -0.15) is 0 Å². The molecule has 2 amide bonds. The Balaban J connectivity index is 0.872. The summed E-state index contributed by atoms with van der Waals surface area (Å²) >= 11 is 0. The number of allylic oxidation sites excluding steroid dienone is 11. The molecule has 56 heavy (non-hydrogen) atoms. The Morgan fingerprint density at radius 2 is 1.82 bits per heavy atom. The molecule has 0 radical (unpaired) electrons. The Hall–Kier alpha value is -5.24. The molecule has 0 bridgehead atoms. The van der Waals surface area contributed by atoms with Crippen molar-refractivity contribution in [3.8, 4) is 11.8 Å². The number of rotatable bonds is 11. The predicted molar refractivity (Wildman–Crippen MR) is 206 cm³/mol. The van der Waals surface area contributed by atoms with E-state index < -0.39 is 17.5 Å². The van der Waals surface area contributed by atoms with Crippen LogP contribution < -0.4 is 5.32 Å². The zero-order valence-electron chi connectivity index (χ0n) is 31.5.